The van der Waals surface area contributed by atoms with Crippen LogP contribution in [-0.4, -0.2) is 43.7 Å². The van der Waals surface area contributed by atoms with Crippen LogP contribution in [0, 0.1) is 18.3 Å². The van der Waals surface area contributed by atoms with Gasteiger partial charge in [0.15, 0.2) is 6.61 Å². The van der Waals surface area contributed by atoms with E-state index in [1.807, 2.05) is 35.2 Å². The third kappa shape index (κ3) is 5.13. The largest absolute Gasteiger partial charge is 0.484 e. The highest BCUT2D eigenvalue weighted by Crippen LogP contribution is 2.17. The lowest BCUT2D eigenvalue weighted by Gasteiger charge is -2.32. The van der Waals surface area contributed by atoms with E-state index in [0.717, 1.165) is 31.7 Å². The number of hydrogen-bond acceptors (Lipinski definition) is 3. The Morgan fingerprint density at radius 1 is 1.38 bits per heavy atom. The number of piperidine rings is 1. The van der Waals surface area contributed by atoms with Crippen LogP contribution in [0.2, 0.25) is 0 Å². The number of hydrogen-bond donors (Lipinski definition) is 0. The fourth-order valence-electron chi connectivity index (χ4n) is 2.47. The van der Waals surface area contributed by atoms with Gasteiger partial charge in [-0.15, -0.1) is 6.42 Å². The summed E-state index contributed by atoms with van der Waals surface area (Å²) in [5.74, 6) is 3.57. The number of carbonyl (C=O) groups excluding carboxylic acids is 1. The van der Waals surface area contributed by atoms with Gasteiger partial charge in [-0.25, -0.2) is 0 Å². The molecular formula is C17H21NO3. The van der Waals surface area contributed by atoms with Gasteiger partial charge >= 0.3 is 0 Å². The van der Waals surface area contributed by atoms with Gasteiger partial charge in [-0.05, 0) is 30.9 Å². The summed E-state index contributed by atoms with van der Waals surface area (Å²) in [5, 5.41) is 0. The first-order valence-electron chi connectivity index (χ1n) is 7.26. The zero-order valence-electron chi connectivity index (χ0n) is 12.2. The molecule has 1 aliphatic rings. The van der Waals surface area contributed by atoms with Crippen LogP contribution in [0.3, 0.4) is 0 Å². The van der Waals surface area contributed by atoms with Crippen LogP contribution in [0.5, 0.6) is 5.75 Å². The molecule has 1 aromatic rings. The van der Waals surface area contributed by atoms with Gasteiger partial charge in [0.05, 0.1) is 6.61 Å². The van der Waals surface area contributed by atoms with Crippen LogP contribution in [0.25, 0.3) is 0 Å². The first-order chi connectivity index (χ1) is 10.3. The van der Waals surface area contributed by atoms with Crippen molar-refractivity contribution in [3.8, 4) is 18.1 Å². The molecule has 0 aliphatic carbocycles. The van der Waals surface area contributed by atoms with Gasteiger partial charge < -0.3 is 14.4 Å². The monoisotopic (exact) mass is 287 g/mol. The second-order valence-corrected chi connectivity index (χ2v) is 5.17. The second kappa shape index (κ2) is 8.33. The Morgan fingerprint density at radius 2 is 2.19 bits per heavy atom. The second-order valence-electron chi connectivity index (χ2n) is 5.17. The molecule has 1 amide bonds. The number of carbonyl (C=O) groups is 1. The first kappa shape index (κ1) is 15.4. The Morgan fingerprint density at radius 3 is 2.95 bits per heavy atom. The Kier molecular flexibility index (Phi) is 6.11. The molecule has 0 bridgehead atoms. The smallest absolute Gasteiger partial charge is 0.260 e. The summed E-state index contributed by atoms with van der Waals surface area (Å²) in [5.41, 5.74) is 0. The molecule has 1 atom stereocenters. The Labute approximate surface area is 126 Å². The normalized spacial score (nSPS) is 18.0. The van der Waals surface area contributed by atoms with Gasteiger partial charge in [-0.1, -0.05) is 24.1 Å². The van der Waals surface area contributed by atoms with Crippen LogP contribution in [-0.2, 0) is 9.53 Å². The van der Waals surface area contributed by atoms with E-state index in [9.17, 15) is 4.79 Å². The van der Waals surface area contributed by atoms with Crippen molar-refractivity contribution in [2.24, 2.45) is 5.92 Å². The van der Waals surface area contributed by atoms with Crippen molar-refractivity contribution in [2.75, 3.05) is 32.9 Å². The summed E-state index contributed by atoms with van der Waals surface area (Å²) in [6.07, 6.45) is 7.24. The molecule has 0 spiro atoms. The summed E-state index contributed by atoms with van der Waals surface area (Å²) in [6, 6.07) is 9.39. The quantitative estimate of drug-likeness (QED) is 0.593. The fourth-order valence-corrected chi connectivity index (χ4v) is 2.47. The SMILES string of the molecule is C#CCOC[C@H]1CCCN(C(=O)COc2ccccc2)C1. The highest BCUT2D eigenvalue weighted by molar-refractivity contribution is 5.77. The first-order valence-corrected chi connectivity index (χ1v) is 7.26. The topological polar surface area (TPSA) is 38.8 Å². The molecule has 1 heterocycles. The van der Waals surface area contributed by atoms with E-state index in [1.54, 1.807) is 0 Å². The summed E-state index contributed by atoms with van der Waals surface area (Å²) in [6.45, 7) is 2.56. The van der Waals surface area contributed by atoms with E-state index < -0.39 is 0 Å². The fraction of sp³-hybridized carbons (Fsp3) is 0.471. The molecule has 1 aromatic carbocycles. The maximum atomic E-state index is 12.2. The predicted octanol–water partition coefficient (Wildman–Crippen LogP) is 1.95. The van der Waals surface area contributed by atoms with Crippen molar-refractivity contribution < 1.29 is 14.3 Å². The lowest BCUT2D eigenvalue weighted by atomic mass is 9.99. The van der Waals surface area contributed by atoms with E-state index in [2.05, 4.69) is 5.92 Å². The van der Waals surface area contributed by atoms with Crippen LogP contribution in [0.15, 0.2) is 30.3 Å². The lowest BCUT2D eigenvalue weighted by molar-refractivity contribution is -0.135. The van der Waals surface area contributed by atoms with Gasteiger partial charge in [0.2, 0.25) is 0 Å². The van der Waals surface area contributed by atoms with Crippen LogP contribution in [0.1, 0.15) is 12.8 Å². The highest BCUT2D eigenvalue weighted by atomic mass is 16.5. The number of rotatable bonds is 6. The Bertz CT molecular complexity index is 481. The third-order valence-electron chi connectivity index (χ3n) is 3.52. The molecule has 112 valence electrons. The number of terminal acetylenes is 1. The van der Waals surface area contributed by atoms with Crippen molar-refractivity contribution in [1.29, 1.82) is 0 Å². The van der Waals surface area contributed by atoms with E-state index in [4.69, 9.17) is 15.9 Å². The molecule has 1 fully saturated rings. The van der Waals surface area contributed by atoms with Crippen molar-refractivity contribution in [2.45, 2.75) is 12.8 Å². The van der Waals surface area contributed by atoms with E-state index in [1.165, 1.54) is 0 Å². The maximum Gasteiger partial charge on any atom is 0.260 e. The average Bonchev–Trinajstić information content (AvgIpc) is 2.54. The van der Waals surface area contributed by atoms with E-state index >= 15 is 0 Å². The van der Waals surface area contributed by atoms with Crippen molar-refractivity contribution in [3.63, 3.8) is 0 Å². The van der Waals surface area contributed by atoms with Gasteiger partial charge in [0.25, 0.3) is 5.91 Å². The maximum absolute atomic E-state index is 12.2. The molecule has 4 heteroatoms. The summed E-state index contributed by atoms with van der Waals surface area (Å²) in [7, 11) is 0. The lowest BCUT2D eigenvalue weighted by Crippen LogP contribution is -2.43. The van der Waals surface area contributed by atoms with Gasteiger partial charge in [0.1, 0.15) is 12.4 Å². The molecule has 1 aliphatic heterocycles. The van der Waals surface area contributed by atoms with Crippen molar-refractivity contribution in [1.82, 2.24) is 4.90 Å². The van der Waals surface area contributed by atoms with Gasteiger partial charge in [-0.3, -0.25) is 4.79 Å². The van der Waals surface area contributed by atoms with Gasteiger partial charge in [0, 0.05) is 13.1 Å². The predicted molar refractivity (Wildman–Crippen MR) is 80.9 cm³/mol. The summed E-state index contributed by atoms with van der Waals surface area (Å²) >= 11 is 0. The van der Waals surface area contributed by atoms with E-state index in [0.29, 0.717) is 19.1 Å². The van der Waals surface area contributed by atoms with Crippen LogP contribution < -0.4 is 4.74 Å². The third-order valence-corrected chi connectivity index (χ3v) is 3.52. The number of amides is 1. The van der Waals surface area contributed by atoms with Crippen LogP contribution in [0.4, 0.5) is 0 Å². The number of nitrogens with zero attached hydrogens (tertiary/aromatic N) is 1. The number of benzene rings is 1. The molecule has 0 N–H and O–H groups in total. The molecule has 4 nitrogen and oxygen atoms in total. The minimum atomic E-state index is 0.0282. The molecule has 0 radical (unpaired) electrons. The molecule has 2 rings (SSSR count). The minimum Gasteiger partial charge on any atom is -0.484 e. The van der Waals surface area contributed by atoms with Crippen molar-refractivity contribution in [3.05, 3.63) is 30.3 Å². The minimum absolute atomic E-state index is 0.0282. The standard InChI is InChI=1S/C17H21NO3/c1-2-11-20-13-15-7-6-10-18(12-15)17(19)14-21-16-8-4-3-5-9-16/h1,3-5,8-9,15H,6-7,10-14H2/t15-/m0/s1. The molecule has 0 unspecified atom stereocenters. The number of para-hydroxylation sites is 1. The molecular weight excluding hydrogens is 266 g/mol. The van der Waals surface area contributed by atoms with Gasteiger partial charge in [-0.2, -0.15) is 0 Å². The zero-order chi connectivity index (χ0) is 14.9. The summed E-state index contributed by atoms with van der Waals surface area (Å²) in [4.78, 5) is 14.0. The number of ether oxygens (including phenoxy) is 2. The molecule has 1 saturated heterocycles. The highest BCUT2D eigenvalue weighted by Gasteiger charge is 2.23. The van der Waals surface area contributed by atoms with Crippen LogP contribution >= 0.6 is 0 Å². The Balaban J connectivity index is 1.75. The zero-order valence-corrected chi connectivity index (χ0v) is 12.2. The molecule has 0 aromatic heterocycles. The Hall–Kier alpha value is -1.99. The number of likely N-dealkylation sites (tertiary alicyclic amines) is 1. The summed E-state index contributed by atoms with van der Waals surface area (Å²) < 4.78 is 10.9. The molecule has 0 saturated carbocycles. The average molecular weight is 287 g/mol. The van der Waals surface area contributed by atoms with E-state index in [-0.39, 0.29) is 12.5 Å². The molecule has 21 heavy (non-hydrogen) atoms. The van der Waals surface area contributed by atoms with Crippen molar-refractivity contribution >= 4 is 5.91 Å².